The summed E-state index contributed by atoms with van der Waals surface area (Å²) in [4.78, 5) is 49.6. The second-order valence-electron chi connectivity index (χ2n) is 6.63. The van der Waals surface area contributed by atoms with Crippen LogP contribution < -0.4 is 16.4 Å². The summed E-state index contributed by atoms with van der Waals surface area (Å²) in [5.41, 5.74) is 7.30. The van der Waals surface area contributed by atoms with Crippen molar-refractivity contribution < 1.29 is 19.2 Å². The smallest absolute Gasteiger partial charge is 0.262 e. The molecule has 0 radical (unpaired) electrons. The molecule has 0 bridgehead atoms. The van der Waals surface area contributed by atoms with E-state index in [-0.39, 0.29) is 30.4 Å². The molecule has 4 amide bonds. The van der Waals surface area contributed by atoms with Crippen LogP contribution in [0.15, 0.2) is 18.2 Å². The van der Waals surface area contributed by atoms with E-state index in [0.717, 1.165) is 16.9 Å². The molecule has 0 saturated carbocycles. The highest BCUT2D eigenvalue weighted by Gasteiger charge is 2.44. The van der Waals surface area contributed by atoms with Crippen molar-refractivity contribution in [1.82, 2.24) is 15.5 Å². The molecule has 0 aromatic heterocycles. The molecule has 2 atom stereocenters. The van der Waals surface area contributed by atoms with E-state index in [4.69, 9.17) is 5.73 Å². The van der Waals surface area contributed by atoms with E-state index in [1.165, 1.54) is 0 Å². The highest BCUT2D eigenvalue weighted by molar-refractivity contribution is 6.23. The molecule has 4 N–H and O–H groups in total. The molecule has 2 heterocycles. The number of nitrogens with zero attached hydrogens (tertiary/aromatic N) is 1. The van der Waals surface area contributed by atoms with Gasteiger partial charge in [0.05, 0.1) is 11.1 Å². The van der Waals surface area contributed by atoms with E-state index < -0.39 is 23.8 Å². The Labute approximate surface area is 151 Å². The van der Waals surface area contributed by atoms with Gasteiger partial charge in [0.1, 0.15) is 6.04 Å². The predicted molar refractivity (Wildman–Crippen MR) is 93.1 cm³/mol. The Morgan fingerprint density at radius 2 is 1.96 bits per heavy atom. The zero-order valence-corrected chi connectivity index (χ0v) is 14.6. The SMILES string of the molecule is CCC(N)CNCc1ccc2c(c1)C(=O)N(C1CCC(=O)NC1=O)C2=O. The summed E-state index contributed by atoms with van der Waals surface area (Å²) in [6, 6.07) is 4.19. The molecular weight excluding hydrogens is 336 g/mol. The average Bonchev–Trinajstić information content (AvgIpc) is 2.86. The summed E-state index contributed by atoms with van der Waals surface area (Å²) in [5, 5.41) is 5.40. The fraction of sp³-hybridized carbons (Fsp3) is 0.444. The summed E-state index contributed by atoms with van der Waals surface area (Å²) in [6.45, 7) is 3.19. The van der Waals surface area contributed by atoms with Gasteiger partial charge in [-0.05, 0) is 30.5 Å². The Kier molecular flexibility index (Phi) is 5.15. The summed E-state index contributed by atoms with van der Waals surface area (Å²) in [7, 11) is 0. The number of rotatable bonds is 6. The first-order valence-electron chi connectivity index (χ1n) is 8.73. The summed E-state index contributed by atoms with van der Waals surface area (Å²) < 4.78 is 0. The normalized spacial score (nSPS) is 21.0. The number of fused-ring (bicyclic) bond motifs is 1. The number of carbonyl (C=O) groups is 4. The van der Waals surface area contributed by atoms with Crippen LogP contribution >= 0.6 is 0 Å². The fourth-order valence-electron chi connectivity index (χ4n) is 3.17. The van der Waals surface area contributed by atoms with Crippen molar-refractivity contribution in [2.75, 3.05) is 6.54 Å². The van der Waals surface area contributed by atoms with E-state index >= 15 is 0 Å². The van der Waals surface area contributed by atoms with Gasteiger partial charge in [0.25, 0.3) is 11.8 Å². The standard InChI is InChI=1S/C18H22N4O4/c1-2-11(19)9-20-8-10-3-4-12-13(7-10)18(26)22(17(12)25)14-5-6-15(23)21-16(14)24/h3-4,7,11,14,20H,2,5-6,8-9,19H2,1H3,(H,21,23,24). The third-order valence-electron chi connectivity index (χ3n) is 4.76. The molecule has 3 rings (SSSR count). The molecule has 0 spiro atoms. The third kappa shape index (κ3) is 3.38. The molecule has 138 valence electrons. The van der Waals surface area contributed by atoms with Crippen LogP contribution in [-0.4, -0.2) is 47.2 Å². The van der Waals surface area contributed by atoms with E-state index in [2.05, 4.69) is 10.6 Å². The van der Waals surface area contributed by atoms with Crippen LogP contribution in [0.2, 0.25) is 0 Å². The molecule has 2 unspecified atom stereocenters. The quantitative estimate of drug-likeness (QED) is 0.611. The zero-order valence-electron chi connectivity index (χ0n) is 14.6. The minimum Gasteiger partial charge on any atom is -0.327 e. The molecule has 8 heteroatoms. The van der Waals surface area contributed by atoms with E-state index in [1.807, 2.05) is 6.92 Å². The maximum atomic E-state index is 12.7. The van der Waals surface area contributed by atoms with E-state index in [0.29, 0.717) is 18.7 Å². The Bertz CT molecular complexity index is 776. The monoisotopic (exact) mass is 358 g/mol. The topological polar surface area (TPSA) is 122 Å². The minimum absolute atomic E-state index is 0.0654. The van der Waals surface area contributed by atoms with Crippen LogP contribution in [0.4, 0.5) is 0 Å². The molecule has 26 heavy (non-hydrogen) atoms. The molecule has 8 nitrogen and oxygen atoms in total. The van der Waals surface area contributed by atoms with Crippen molar-refractivity contribution >= 4 is 23.6 Å². The second kappa shape index (κ2) is 7.35. The number of amides is 4. The molecule has 0 aliphatic carbocycles. The van der Waals surface area contributed by atoms with Crippen molar-refractivity contribution in [3.05, 3.63) is 34.9 Å². The minimum atomic E-state index is -0.941. The van der Waals surface area contributed by atoms with Crippen LogP contribution in [0.5, 0.6) is 0 Å². The average molecular weight is 358 g/mol. The van der Waals surface area contributed by atoms with Crippen LogP contribution in [0.1, 0.15) is 52.5 Å². The van der Waals surface area contributed by atoms with Gasteiger partial charge in [0.15, 0.2) is 0 Å². The maximum Gasteiger partial charge on any atom is 0.262 e. The lowest BCUT2D eigenvalue weighted by Gasteiger charge is -2.27. The first-order valence-corrected chi connectivity index (χ1v) is 8.73. The Morgan fingerprint density at radius 1 is 1.23 bits per heavy atom. The lowest BCUT2D eigenvalue weighted by Crippen LogP contribution is -2.54. The number of nitrogens with two attached hydrogens (primary N) is 1. The highest BCUT2D eigenvalue weighted by Crippen LogP contribution is 2.28. The number of hydrogen-bond acceptors (Lipinski definition) is 6. The maximum absolute atomic E-state index is 12.7. The van der Waals surface area contributed by atoms with Crippen molar-refractivity contribution in [2.45, 2.75) is 44.8 Å². The largest absolute Gasteiger partial charge is 0.327 e. The lowest BCUT2D eigenvalue weighted by molar-refractivity contribution is -0.136. The van der Waals surface area contributed by atoms with Crippen LogP contribution in [0.25, 0.3) is 0 Å². The Morgan fingerprint density at radius 3 is 2.65 bits per heavy atom. The highest BCUT2D eigenvalue weighted by atomic mass is 16.2. The van der Waals surface area contributed by atoms with Gasteiger partial charge in [-0.15, -0.1) is 0 Å². The Hall–Kier alpha value is -2.58. The number of piperidine rings is 1. The fourth-order valence-corrected chi connectivity index (χ4v) is 3.17. The van der Waals surface area contributed by atoms with Crippen molar-refractivity contribution in [1.29, 1.82) is 0 Å². The summed E-state index contributed by atoms with van der Waals surface area (Å²) in [5.74, 6) is -1.98. The first kappa shape index (κ1) is 18.2. The van der Waals surface area contributed by atoms with Gasteiger partial charge in [0, 0.05) is 25.6 Å². The van der Waals surface area contributed by atoms with Gasteiger partial charge in [-0.2, -0.15) is 0 Å². The van der Waals surface area contributed by atoms with Crippen molar-refractivity contribution in [3.8, 4) is 0 Å². The number of benzene rings is 1. The van der Waals surface area contributed by atoms with Gasteiger partial charge in [-0.3, -0.25) is 29.4 Å². The predicted octanol–water partition coefficient (Wildman–Crippen LogP) is -0.0853. The number of carbonyl (C=O) groups excluding carboxylic acids is 4. The summed E-state index contributed by atoms with van der Waals surface area (Å²) in [6.07, 6.45) is 1.13. The Balaban J connectivity index is 1.75. The van der Waals surface area contributed by atoms with Crippen LogP contribution in [0, 0.1) is 0 Å². The van der Waals surface area contributed by atoms with Crippen molar-refractivity contribution in [3.63, 3.8) is 0 Å². The molecular formula is C18H22N4O4. The van der Waals surface area contributed by atoms with Gasteiger partial charge in [-0.1, -0.05) is 13.0 Å². The third-order valence-corrected chi connectivity index (χ3v) is 4.76. The molecule has 1 aromatic rings. The van der Waals surface area contributed by atoms with Crippen molar-refractivity contribution in [2.24, 2.45) is 5.73 Å². The lowest BCUT2D eigenvalue weighted by atomic mass is 10.0. The molecule has 2 aliphatic rings. The second-order valence-corrected chi connectivity index (χ2v) is 6.63. The van der Waals surface area contributed by atoms with Gasteiger partial charge >= 0.3 is 0 Å². The van der Waals surface area contributed by atoms with Gasteiger partial charge < -0.3 is 11.1 Å². The van der Waals surface area contributed by atoms with E-state index in [9.17, 15) is 19.2 Å². The zero-order chi connectivity index (χ0) is 18.8. The van der Waals surface area contributed by atoms with Gasteiger partial charge in [-0.25, -0.2) is 0 Å². The molecule has 1 saturated heterocycles. The number of nitrogens with one attached hydrogen (secondary N) is 2. The first-order chi connectivity index (χ1) is 12.4. The van der Waals surface area contributed by atoms with Crippen LogP contribution in [-0.2, 0) is 16.1 Å². The summed E-state index contributed by atoms with van der Waals surface area (Å²) >= 11 is 0. The molecule has 1 fully saturated rings. The molecule has 2 aliphatic heterocycles. The number of imide groups is 2. The van der Waals surface area contributed by atoms with Gasteiger partial charge in [0.2, 0.25) is 11.8 Å². The van der Waals surface area contributed by atoms with Crippen LogP contribution in [0.3, 0.4) is 0 Å². The molecule has 1 aromatic carbocycles. The van der Waals surface area contributed by atoms with E-state index in [1.54, 1.807) is 18.2 Å². The number of hydrogen-bond donors (Lipinski definition) is 3.